The molecule has 0 atom stereocenters. The van der Waals surface area contributed by atoms with Crippen molar-refractivity contribution in [2.75, 3.05) is 0 Å². The topological polar surface area (TPSA) is 213 Å². The molecule has 0 aromatic rings. The Kier molecular flexibility index (Phi) is 71.9. The van der Waals surface area contributed by atoms with Crippen LogP contribution in [0.5, 0.6) is 0 Å². The molecule has 0 heterocycles. The van der Waals surface area contributed by atoms with E-state index in [9.17, 15) is 0 Å². The molecule has 0 fully saturated rings. The van der Waals surface area contributed by atoms with Crippen molar-refractivity contribution in [3.63, 3.8) is 0 Å². The Morgan fingerprint density at radius 3 is 0.800 bits per heavy atom. The predicted octanol–water partition coefficient (Wildman–Crippen LogP) is -4.70. The molecule has 0 aromatic heterocycles. The Labute approximate surface area is 112 Å². The molecule has 0 saturated heterocycles. The van der Waals surface area contributed by atoms with Gasteiger partial charge in [0.25, 0.3) is 0 Å². The molecule has 10 nitrogen and oxygen atoms in total. The molecule has 0 radical (unpaired) electrons. The average Bonchev–Trinajstić information content (AvgIpc) is 1.54. The summed E-state index contributed by atoms with van der Waals surface area (Å²) in [7, 11) is 0. The fraction of sp³-hybridized carbons (Fsp3) is 0. The minimum Gasteiger partial charge on any atom is -1.00 e. The van der Waals surface area contributed by atoms with Gasteiger partial charge in [-0.1, -0.05) is 0 Å². The van der Waals surface area contributed by atoms with E-state index in [2.05, 4.69) is 0 Å². The summed E-state index contributed by atoms with van der Waals surface area (Å²) in [5.74, 6) is 0. The van der Waals surface area contributed by atoms with Gasteiger partial charge in [-0.2, -0.15) is 0 Å². The zero-order valence-corrected chi connectivity index (χ0v) is 9.64. The SMILES string of the molecule is O.O=C([O-])O.O=C([O-])O.O=C([O-])O.[Al+3].[H-].[H-].[Mg+2]. The first kappa shape index (κ1) is 36.9. The van der Waals surface area contributed by atoms with Crippen molar-refractivity contribution >= 4 is 58.9 Å². The Morgan fingerprint density at radius 1 is 0.800 bits per heavy atom. The van der Waals surface area contributed by atoms with Crippen LogP contribution in [0.3, 0.4) is 0 Å². The fourth-order valence-electron chi connectivity index (χ4n) is 0. The van der Waals surface area contributed by atoms with Crippen LogP contribution in [0.4, 0.5) is 14.4 Å². The summed E-state index contributed by atoms with van der Waals surface area (Å²) >= 11 is 0. The normalized spacial score (nSPS) is 4.80. The van der Waals surface area contributed by atoms with Crippen molar-refractivity contribution in [2.24, 2.45) is 0 Å². The summed E-state index contributed by atoms with van der Waals surface area (Å²) in [4.78, 5) is 25.3. The first-order valence-electron chi connectivity index (χ1n) is 1.90. The van der Waals surface area contributed by atoms with Crippen LogP contribution in [0.2, 0.25) is 0 Å². The van der Waals surface area contributed by atoms with Gasteiger partial charge in [-0.15, -0.1) is 0 Å². The minimum atomic E-state index is -2.08. The molecule has 0 bridgehead atoms. The number of rotatable bonds is 0. The molecule has 15 heavy (non-hydrogen) atoms. The van der Waals surface area contributed by atoms with E-state index < -0.39 is 18.5 Å². The van der Waals surface area contributed by atoms with Gasteiger partial charge in [0.15, 0.2) is 0 Å². The van der Waals surface area contributed by atoms with Crippen LogP contribution in [-0.4, -0.2) is 79.7 Å². The van der Waals surface area contributed by atoms with Crippen LogP contribution < -0.4 is 15.3 Å². The second-order valence-electron chi connectivity index (χ2n) is 0.798. The van der Waals surface area contributed by atoms with Crippen LogP contribution in [-0.2, 0) is 0 Å². The Balaban J connectivity index is -0.0000000104. The second-order valence-corrected chi connectivity index (χ2v) is 0.798. The third-order valence-corrected chi connectivity index (χ3v) is 0. The predicted molar refractivity (Wildman–Crippen MR) is 41.4 cm³/mol. The first-order valence-corrected chi connectivity index (χ1v) is 1.90. The molecule has 0 rings (SSSR count). The van der Waals surface area contributed by atoms with Gasteiger partial charge >= 0.3 is 40.4 Å². The van der Waals surface area contributed by atoms with Crippen molar-refractivity contribution in [1.29, 1.82) is 0 Å². The summed E-state index contributed by atoms with van der Waals surface area (Å²) in [5.41, 5.74) is 0. The largest absolute Gasteiger partial charge is 3.00 e. The maximum absolute atomic E-state index is 8.44. The molecule has 0 amide bonds. The van der Waals surface area contributed by atoms with Gasteiger partial charge < -0.3 is 53.4 Å². The van der Waals surface area contributed by atoms with Crippen molar-refractivity contribution in [3.05, 3.63) is 0 Å². The van der Waals surface area contributed by atoms with E-state index in [-0.39, 0.29) is 48.7 Å². The van der Waals surface area contributed by atoms with E-state index in [4.69, 9.17) is 45.0 Å². The summed E-state index contributed by atoms with van der Waals surface area (Å²) in [5, 5.41) is 45.9. The van der Waals surface area contributed by atoms with Gasteiger partial charge in [0.2, 0.25) is 18.5 Å². The minimum absolute atomic E-state index is 0. The van der Waals surface area contributed by atoms with Gasteiger partial charge in [0.05, 0.1) is 0 Å². The summed E-state index contributed by atoms with van der Waals surface area (Å²) in [6.07, 6.45) is -6.25. The molecule has 0 unspecified atom stereocenters. The van der Waals surface area contributed by atoms with Gasteiger partial charge in [0.1, 0.15) is 0 Å². The summed E-state index contributed by atoms with van der Waals surface area (Å²) in [6, 6.07) is 0. The third-order valence-electron chi connectivity index (χ3n) is 0. The number of carboxylic acid groups (broad SMARTS) is 6. The summed E-state index contributed by atoms with van der Waals surface area (Å²) < 4.78 is 0. The molecule has 0 saturated carbocycles. The van der Waals surface area contributed by atoms with Crippen molar-refractivity contribution < 1.29 is 53.4 Å². The molecule has 84 valence electrons. The van der Waals surface area contributed by atoms with Crippen molar-refractivity contribution in [2.45, 2.75) is 0 Å². The molecule has 0 aliphatic carbocycles. The van der Waals surface area contributed by atoms with Gasteiger partial charge in [0, 0.05) is 0 Å². The van der Waals surface area contributed by atoms with E-state index in [0.29, 0.717) is 0 Å². The van der Waals surface area contributed by atoms with E-state index in [1.54, 1.807) is 0 Å². The zero-order valence-electron chi connectivity index (χ0n) is 9.08. The van der Waals surface area contributed by atoms with E-state index in [1.165, 1.54) is 0 Å². The third kappa shape index (κ3) is 1850. The average molecular weight is 254 g/mol. The Bertz CT molecular complexity index is 127. The van der Waals surface area contributed by atoms with Crippen LogP contribution in [0.1, 0.15) is 2.85 Å². The number of hydrogen-bond donors (Lipinski definition) is 3. The zero-order chi connectivity index (χ0) is 10.7. The van der Waals surface area contributed by atoms with Crippen molar-refractivity contribution in [3.8, 4) is 0 Å². The molecule has 0 aliphatic rings. The quantitative estimate of drug-likeness (QED) is 0.353. The van der Waals surface area contributed by atoms with E-state index >= 15 is 0 Å². The van der Waals surface area contributed by atoms with E-state index in [0.717, 1.165) is 0 Å². The van der Waals surface area contributed by atoms with Gasteiger partial charge in [-0.25, -0.2) is 0 Å². The van der Waals surface area contributed by atoms with Crippen molar-refractivity contribution in [1.82, 2.24) is 0 Å². The maximum Gasteiger partial charge on any atom is 3.00 e. The fourth-order valence-corrected chi connectivity index (χ4v) is 0. The molecule has 0 spiro atoms. The van der Waals surface area contributed by atoms with Crippen LogP contribution in [0, 0.1) is 0 Å². The van der Waals surface area contributed by atoms with Crippen LogP contribution in [0.25, 0.3) is 0 Å². The Morgan fingerprint density at radius 2 is 0.800 bits per heavy atom. The second kappa shape index (κ2) is 29.2. The smallest absolute Gasteiger partial charge is 1.00 e. The summed E-state index contributed by atoms with van der Waals surface area (Å²) in [6.45, 7) is 0. The molecule has 5 N–H and O–H groups in total. The monoisotopic (exact) mass is 254 g/mol. The first-order chi connectivity index (χ1) is 5.20. The molecule has 0 aromatic carbocycles. The molecular formula is C3H7AlMgO10. The standard InChI is InChI=1S/3CH2O3.Al.Mg.H2O.2H/c3*2-1(3)4;;;;;/h3*(H2,2,3,4);;;1H2;;/q;;;+3;+2;;2*-1/p-3. The van der Waals surface area contributed by atoms with Crippen LogP contribution >= 0.6 is 0 Å². The molecule has 12 heteroatoms. The van der Waals surface area contributed by atoms with Crippen LogP contribution in [0.15, 0.2) is 0 Å². The molecule has 0 aliphatic heterocycles. The van der Waals surface area contributed by atoms with E-state index in [1.807, 2.05) is 0 Å². The number of carbonyl (C=O) groups is 3. The maximum atomic E-state index is 8.44. The Hall–Kier alpha value is -0.931. The van der Waals surface area contributed by atoms with Gasteiger partial charge in [-0.3, -0.25) is 0 Å². The van der Waals surface area contributed by atoms with Gasteiger partial charge in [-0.05, 0) is 0 Å². The molecular weight excluding hydrogens is 247 g/mol. The number of hydrogen-bond acceptors (Lipinski definition) is 6.